The molecule has 0 saturated heterocycles. The van der Waals surface area contributed by atoms with Crippen molar-refractivity contribution in [2.45, 2.75) is 19.3 Å². The minimum atomic E-state index is -3.02. The Hall–Kier alpha value is -0.380. The Balaban J connectivity index is 0.00000256. The molecule has 4 nitrogen and oxygen atoms in total. The smallest absolute Gasteiger partial charge is 0.311 e. The van der Waals surface area contributed by atoms with Crippen molar-refractivity contribution in [3.8, 4) is 0 Å². The van der Waals surface area contributed by atoms with Gasteiger partial charge in [-0.15, -0.1) is 12.4 Å². The highest BCUT2D eigenvalue weighted by Gasteiger charge is 2.29. The van der Waals surface area contributed by atoms with Gasteiger partial charge in [0, 0.05) is 20.8 Å². The van der Waals surface area contributed by atoms with Gasteiger partial charge in [0.05, 0.1) is 0 Å². The SMILES string of the molecule is COP(=O)(OC)C(C)NCc1ccccc1.Cl. The van der Waals surface area contributed by atoms with Crippen molar-refractivity contribution in [1.82, 2.24) is 5.32 Å². The van der Waals surface area contributed by atoms with E-state index in [1.807, 2.05) is 30.3 Å². The molecule has 0 spiro atoms. The molecule has 1 N–H and O–H groups in total. The highest BCUT2D eigenvalue weighted by molar-refractivity contribution is 7.54. The van der Waals surface area contributed by atoms with Crippen LogP contribution in [-0.4, -0.2) is 20.0 Å². The molecule has 0 aromatic heterocycles. The lowest BCUT2D eigenvalue weighted by atomic mass is 10.2. The fraction of sp³-hybridized carbons (Fsp3) is 0.455. The zero-order valence-corrected chi connectivity index (χ0v) is 12.0. The predicted molar refractivity (Wildman–Crippen MR) is 71.6 cm³/mol. The van der Waals surface area contributed by atoms with Crippen LogP contribution in [-0.2, 0) is 20.2 Å². The minimum absolute atomic E-state index is 0. The van der Waals surface area contributed by atoms with Gasteiger partial charge in [-0.3, -0.25) is 9.88 Å². The molecule has 1 rings (SSSR count). The van der Waals surface area contributed by atoms with Gasteiger partial charge in [-0.2, -0.15) is 0 Å². The highest BCUT2D eigenvalue weighted by atomic mass is 35.5. The summed E-state index contributed by atoms with van der Waals surface area (Å²) in [6.07, 6.45) is 0. The first-order chi connectivity index (χ1) is 7.62. The maximum absolute atomic E-state index is 12.0. The summed E-state index contributed by atoms with van der Waals surface area (Å²) >= 11 is 0. The van der Waals surface area contributed by atoms with Gasteiger partial charge in [0.25, 0.3) is 0 Å². The summed E-state index contributed by atoms with van der Waals surface area (Å²) in [4.78, 5) is 0. The summed E-state index contributed by atoms with van der Waals surface area (Å²) in [6, 6.07) is 9.90. The van der Waals surface area contributed by atoms with E-state index in [4.69, 9.17) is 9.05 Å². The van der Waals surface area contributed by atoms with Crippen LogP contribution < -0.4 is 5.32 Å². The van der Waals surface area contributed by atoms with Crippen LogP contribution >= 0.6 is 20.0 Å². The maximum atomic E-state index is 12.0. The molecular formula is C11H19ClNO3P. The van der Waals surface area contributed by atoms with E-state index in [2.05, 4.69) is 5.32 Å². The molecule has 0 aliphatic heterocycles. The molecule has 1 atom stereocenters. The van der Waals surface area contributed by atoms with E-state index in [9.17, 15) is 4.57 Å². The van der Waals surface area contributed by atoms with Gasteiger partial charge >= 0.3 is 7.60 Å². The zero-order valence-electron chi connectivity index (χ0n) is 10.3. The monoisotopic (exact) mass is 279 g/mol. The van der Waals surface area contributed by atoms with Crippen LogP contribution in [0, 0.1) is 0 Å². The average molecular weight is 280 g/mol. The van der Waals surface area contributed by atoms with Crippen LogP contribution in [0.4, 0.5) is 0 Å². The molecule has 0 fully saturated rings. The molecule has 0 radical (unpaired) electrons. The van der Waals surface area contributed by atoms with E-state index in [-0.39, 0.29) is 18.2 Å². The summed E-state index contributed by atoms with van der Waals surface area (Å²) in [5.41, 5.74) is 1.13. The first kappa shape index (κ1) is 16.6. The molecular weight excluding hydrogens is 261 g/mol. The molecule has 0 aliphatic carbocycles. The first-order valence-corrected chi connectivity index (χ1v) is 6.72. The normalized spacial score (nSPS) is 12.9. The second-order valence-corrected chi connectivity index (χ2v) is 6.03. The van der Waals surface area contributed by atoms with Gasteiger partial charge < -0.3 is 9.05 Å². The third-order valence-electron chi connectivity index (χ3n) is 2.43. The standard InChI is InChI=1S/C11H18NO3P.ClH/c1-10(16(13,14-2)15-3)12-9-11-7-5-4-6-8-11;/h4-8,10,12H,9H2,1-3H3;1H. The van der Waals surface area contributed by atoms with Crippen molar-refractivity contribution >= 4 is 20.0 Å². The Morgan fingerprint density at radius 3 is 2.24 bits per heavy atom. The van der Waals surface area contributed by atoms with E-state index in [1.54, 1.807) is 6.92 Å². The van der Waals surface area contributed by atoms with E-state index >= 15 is 0 Å². The maximum Gasteiger partial charge on any atom is 0.346 e. The molecule has 6 heteroatoms. The Kier molecular flexibility index (Phi) is 7.68. The largest absolute Gasteiger partial charge is 0.346 e. The third kappa shape index (κ3) is 4.78. The summed E-state index contributed by atoms with van der Waals surface area (Å²) in [5.74, 6) is -0.331. The minimum Gasteiger partial charge on any atom is -0.311 e. The second kappa shape index (κ2) is 7.85. The first-order valence-electron chi connectivity index (χ1n) is 5.11. The van der Waals surface area contributed by atoms with Gasteiger partial charge in [0.2, 0.25) is 0 Å². The Morgan fingerprint density at radius 2 is 1.76 bits per heavy atom. The molecule has 1 unspecified atom stereocenters. The summed E-state index contributed by atoms with van der Waals surface area (Å²) in [5, 5.41) is 3.13. The molecule has 1 aromatic rings. The van der Waals surface area contributed by atoms with Crippen molar-refractivity contribution in [2.75, 3.05) is 14.2 Å². The van der Waals surface area contributed by atoms with Gasteiger partial charge in [-0.05, 0) is 12.5 Å². The third-order valence-corrected chi connectivity index (χ3v) is 4.58. The van der Waals surface area contributed by atoms with Crippen LogP contribution in [0.5, 0.6) is 0 Å². The molecule has 0 aliphatic rings. The number of nitrogens with one attached hydrogen (secondary N) is 1. The number of rotatable bonds is 6. The number of hydrogen-bond donors (Lipinski definition) is 1. The molecule has 0 bridgehead atoms. The van der Waals surface area contributed by atoms with Crippen molar-refractivity contribution in [1.29, 1.82) is 0 Å². The number of hydrogen-bond acceptors (Lipinski definition) is 4. The molecule has 0 amide bonds. The number of benzene rings is 1. The lowest BCUT2D eigenvalue weighted by Crippen LogP contribution is -2.26. The number of halogens is 1. The zero-order chi connectivity index (χ0) is 12.0. The fourth-order valence-corrected chi connectivity index (χ4v) is 2.46. The van der Waals surface area contributed by atoms with E-state index in [0.29, 0.717) is 6.54 Å². The lowest BCUT2D eigenvalue weighted by molar-refractivity contribution is 0.261. The average Bonchev–Trinajstić information content (AvgIpc) is 2.36. The Labute approximate surface area is 109 Å². The Morgan fingerprint density at radius 1 is 1.24 bits per heavy atom. The summed E-state index contributed by atoms with van der Waals surface area (Å²) in [6.45, 7) is 2.43. The topological polar surface area (TPSA) is 47.6 Å². The quantitative estimate of drug-likeness (QED) is 0.813. The molecule has 17 heavy (non-hydrogen) atoms. The predicted octanol–water partition coefficient (Wildman–Crippen LogP) is 3.03. The van der Waals surface area contributed by atoms with Crippen LogP contribution in [0.1, 0.15) is 12.5 Å². The van der Waals surface area contributed by atoms with Crippen LogP contribution in [0.3, 0.4) is 0 Å². The molecule has 1 aromatic carbocycles. The van der Waals surface area contributed by atoms with Gasteiger partial charge in [0.15, 0.2) is 0 Å². The van der Waals surface area contributed by atoms with Crippen molar-refractivity contribution < 1.29 is 13.6 Å². The van der Waals surface area contributed by atoms with E-state index in [0.717, 1.165) is 5.56 Å². The van der Waals surface area contributed by atoms with Crippen molar-refractivity contribution in [3.05, 3.63) is 35.9 Å². The fourth-order valence-electron chi connectivity index (χ4n) is 1.36. The summed E-state index contributed by atoms with van der Waals surface area (Å²) in [7, 11) is -0.233. The molecule has 0 saturated carbocycles. The van der Waals surface area contributed by atoms with Crippen molar-refractivity contribution in [3.63, 3.8) is 0 Å². The van der Waals surface area contributed by atoms with Crippen LogP contribution in [0.2, 0.25) is 0 Å². The van der Waals surface area contributed by atoms with E-state index in [1.165, 1.54) is 14.2 Å². The molecule has 0 heterocycles. The van der Waals surface area contributed by atoms with Crippen molar-refractivity contribution in [2.24, 2.45) is 0 Å². The molecule has 98 valence electrons. The van der Waals surface area contributed by atoms with Gasteiger partial charge in [-0.1, -0.05) is 30.3 Å². The lowest BCUT2D eigenvalue weighted by Gasteiger charge is -2.21. The van der Waals surface area contributed by atoms with Crippen LogP contribution in [0.25, 0.3) is 0 Å². The van der Waals surface area contributed by atoms with Crippen LogP contribution in [0.15, 0.2) is 30.3 Å². The second-order valence-electron chi connectivity index (χ2n) is 3.45. The van der Waals surface area contributed by atoms with Gasteiger partial charge in [0.1, 0.15) is 5.78 Å². The summed E-state index contributed by atoms with van der Waals surface area (Å²) < 4.78 is 21.8. The Bertz CT molecular complexity index is 353. The van der Waals surface area contributed by atoms with E-state index < -0.39 is 7.60 Å². The van der Waals surface area contributed by atoms with Gasteiger partial charge in [-0.25, -0.2) is 0 Å². The highest BCUT2D eigenvalue weighted by Crippen LogP contribution is 2.50.